The lowest BCUT2D eigenvalue weighted by atomic mass is 9.93. The van der Waals surface area contributed by atoms with Crippen molar-refractivity contribution in [2.24, 2.45) is 0 Å². The number of halogens is 1. The van der Waals surface area contributed by atoms with Gasteiger partial charge in [-0.3, -0.25) is 4.55 Å². The molecular weight excluding hydrogens is 248 g/mol. The first kappa shape index (κ1) is 11.4. The molecule has 0 radical (unpaired) electrons. The first-order valence-corrected chi connectivity index (χ1v) is 6.48. The largest absolute Gasteiger partial charge is 0.294 e. The first-order valence-electron chi connectivity index (χ1n) is 4.60. The molecule has 0 heterocycles. The molecule has 1 aliphatic carbocycles. The summed E-state index contributed by atoms with van der Waals surface area (Å²) in [6, 6.07) is 6.94. The number of hydrogen-bond acceptors (Lipinski definition) is 2. The Hall–Kier alpha value is -1.10. The van der Waals surface area contributed by atoms with Crippen molar-refractivity contribution in [3.8, 4) is 0 Å². The molecule has 0 amide bonds. The Morgan fingerprint density at radius 2 is 1.88 bits per heavy atom. The zero-order valence-electron chi connectivity index (χ0n) is 8.22. The average Bonchev–Trinajstić information content (AvgIpc) is 2.26. The van der Waals surface area contributed by atoms with Crippen molar-refractivity contribution in [1.82, 2.24) is 0 Å². The number of benzene rings is 1. The van der Waals surface area contributed by atoms with E-state index in [0.29, 0.717) is 12.0 Å². The minimum atomic E-state index is -4.18. The Morgan fingerprint density at radius 3 is 2.44 bits per heavy atom. The molecule has 1 N–H and O–H groups in total. The molecule has 1 aromatic rings. The molecule has 5 heteroatoms. The van der Waals surface area contributed by atoms with Crippen LogP contribution in [0.15, 0.2) is 35.9 Å². The summed E-state index contributed by atoms with van der Waals surface area (Å²) >= 11 is 5.67. The first-order chi connectivity index (χ1) is 7.54. The lowest BCUT2D eigenvalue weighted by molar-refractivity contribution is 0.496. The van der Waals surface area contributed by atoms with Crippen LogP contribution in [0, 0.1) is 0 Å². The van der Waals surface area contributed by atoms with Crippen molar-refractivity contribution in [3.05, 3.63) is 47.0 Å². The Kier molecular flexibility index (Phi) is 2.88. The lowest BCUT2D eigenvalue weighted by Crippen LogP contribution is -2.07. The van der Waals surface area contributed by atoms with E-state index in [9.17, 15) is 8.42 Å². The molecule has 0 spiro atoms. The van der Waals surface area contributed by atoms with Gasteiger partial charge >= 0.3 is 0 Å². The van der Waals surface area contributed by atoms with Crippen LogP contribution in [0.4, 0.5) is 0 Å². The predicted molar refractivity (Wildman–Crippen MR) is 64.4 cm³/mol. The van der Waals surface area contributed by atoms with Gasteiger partial charge in [0.25, 0.3) is 10.1 Å². The van der Waals surface area contributed by atoms with E-state index in [4.69, 9.17) is 16.2 Å². The quantitative estimate of drug-likeness (QED) is 0.786. The van der Waals surface area contributed by atoms with Gasteiger partial charge in [-0.05, 0) is 17.6 Å². The van der Waals surface area contributed by atoms with Gasteiger partial charge in [0, 0.05) is 11.1 Å². The SMILES string of the molecule is O=S(=O)(O)C1=CCC(=CCl)c2ccccc21. The molecule has 84 valence electrons. The van der Waals surface area contributed by atoms with Gasteiger partial charge in [-0.1, -0.05) is 41.9 Å². The van der Waals surface area contributed by atoms with Crippen LogP contribution in [0.25, 0.3) is 10.5 Å². The van der Waals surface area contributed by atoms with Crippen molar-refractivity contribution in [1.29, 1.82) is 0 Å². The van der Waals surface area contributed by atoms with Crippen molar-refractivity contribution in [2.75, 3.05) is 0 Å². The van der Waals surface area contributed by atoms with Gasteiger partial charge in [-0.25, -0.2) is 0 Å². The van der Waals surface area contributed by atoms with Gasteiger partial charge < -0.3 is 0 Å². The summed E-state index contributed by atoms with van der Waals surface area (Å²) in [5, 5.41) is 0. The fourth-order valence-corrected chi connectivity index (χ4v) is 2.70. The van der Waals surface area contributed by atoms with Gasteiger partial charge in [0.15, 0.2) is 0 Å². The van der Waals surface area contributed by atoms with Crippen LogP contribution in [-0.2, 0) is 10.1 Å². The normalized spacial score (nSPS) is 18.1. The van der Waals surface area contributed by atoms with Crippen LogP contribution in [0.1, 0.15) is 17.5 Å². The molecule has 0 saturated heterocycles. The van der Waals surface area contributed by atoms with Crippen LogP contribution < -0.4 is 0 Å². The molecule has 1 aromatic carbocycles. The van der Waals surface area contributed by atoms with Gasteiger partial charge in [0.1, 0.15) is 0 Å². The van der Waals surface area contributed by atoms with E-state index in [0.717, 1.165) is 11.1 Å². The molecule has 0 unspecified atom stereocenters. The Balaban J connectivity index is 2.70. The Morgan fingerprint density at radius 1 is 1.25 bits per heavy atom. The average molecular weight is 257 g/mol. The highest BCUT2D eigenvalue weighted by Crippen LogP contribution is 2.36. The van der Waals surface area contributed by atoms with Gasteiger partial charge in [-0.15, -0.1) is 0 Å². The minimum Gasteiger partial charge on any atom is -0.282 e. The molecule has 3 nitrogen and oxygen atoms in total. The van der Waals surface area contributed by atoms with E-state index in [1.807, 2.05) is 0 Å². The second-order valence-corrected chi connectivity index (χ2v) is 5.04. The maximum absolute atomic E-state index is 11.2. The lowest BCUT2D eigenvalue weighted by Gasteiger charge is -2.17. The monoisotopic (exact) mass is 256 g/mol. The van der Waals surface area contributed by atoms with Gasteiger partial charge in [0.05, 0.1) is 4.91 Å². The summed E-state index contributed by atoms with van der Waals surface area (Å²) in [7, 11) is -4.18. The van der Waals surface area contributed by atoms with Crippen LogP contribution in [0.5, 0.6) is 0 Å². The topological polar surface area (TPSA) is 54.4 Å². The fourth-order valence-electron chi connectivity index (χ4n) is 1.75. The summed E-state index contributed by atoms with van der Waals surface area (Å²) in [5.41, 5.74) is 3.50. The molecule has 16 heavy (non-hydrogen) atoms. The van der Waals surface area contributed by atoms with Crippen LogP contribution in [0.2, 0.25) is 0 Å². The maximum atomic E-state index is 11.2. The molecule has 0 saturated carbocycles. The number of rotatable bonds is 1. The van der Waals surface area contributed by atoms with Gasteiger partial charge in [0.2, 0.25) is 0 Å². The van der Waals surface area contributed by atoms with Crippen molar-refractivity contribution >= 4 is 32.2 Å². The smallest absolute Gasteiger partial charge is 0.282 e. The summed E-state index contributed by atoms with van der Waals surface area (Å²) in [4.78, 5) is -0.0506. The summed E-state index contributed by atoms with van der Waals surface area (Å²) < 4.78 is 31.5. The summed E-state index contributed by atoms with van der Waals surface area (Å²) in [6.07, 6.45) is 1.86. The third kappa shape index (κ3) is 1.91. The van der Waals surface area contributed by atoms with Crippen molar-refractivity contribution in [3.63, 3.8) is 0 Å². The highest BCUT2D eigenvalue weighted by atomic mass is 35.5. The second-order valence-electron chi connectivity index (χ2n) is 3.43. The molecular formula is C11H9ClO3S. The predicted octanol–water partition coefficient (Wildman–Crippen LogP) is 2.90. The Labute approximate surface area is 98.8 Å². The highest BCUT2D eigenvalue weighted by molar-refractivity contribution is 7.95. The number of allylic oxidation sites excluding steroid dienone is 2. The summed E-state index contributed by atoms with van der Waals surface area (Å²) in [5.74, 6) is 0. The van der Waals surface area contributed by atoms with Crippen LogP contribution in [-0.4, -0.2) is 13.0 Å². The van der Waals surface area contributed by atoms with E-state index < -0.39 is 10.1 Å². The van der Waals surface area contributed by atoms with Crippen LogP contribution >= 0.6 is 11.6 Å². The van der Waals surface area contributed by atoms with E-state index in [1.54, 1.807) is 24.3 Å². The maximum Gasteiger partial charge on any atom is 0.294 e. The molecule has 1 aliphatic rings. The minimum absolute atomic E-state index is 0.0506. The Bertz CT molecular complexity index is 585. The van der Waals surface area contributed by atoms with Crippen molar-refractivity contribution in [2.45, 2.75) is 6.42 Å². The second kappa shape index (κ2) is 4.05. The molecule has 0 atom stereocenters. The van der Waals surface area contributed by atoms with E-state index in [2.05, 4.69) is 0 Å². The van der Waals surface area contributed by atoms with E-state index in [-0.39, 0.29) is 4.91 Å². The molecule has 0 bridgehead atoms. The standard InChI is InChI=1S/C11H9ClO3S/c12-7-8-5-6-11(16(13,14)15)10-4-2-1-3-9(8)10/h1-4,6-7H,5H2,(H,13,14,15). The molecule has 0 aromatic heterocycles. The summed E-state index contributed by atoms with van der Waals surface area (Å²) in [6.45, 7) is 0. The molecule has 0 fully saturated rings. The number of hydrogen-bond donors (Lipinski definition) is 1. The fraction of sp³-hybridized carbons (Fsp3) is 0.0909. The van der Waals surface area contributed by atoms with Gasteiger partial charge in [-0.2, -0.15) is 8.42 Å². The zero-order valence-corrected chi connectivity index (χ0v) is 9.79. The molecule has 0 aliphatic heterocycles. The van der Waals surface area contributed by atoms with E-state index in [1.165, 1.54) is 11.6 Å². The number of fused-ring (bicyclic) bond motifs is 1. The third-order valence-corrected chi connectivity index (χ3v) is 3.66. The highest BCUT2D eigenvalue weighted by Gasteiger charge is 2.23. The third-order valence-electron chi connectivity index (χ3n) is 2.46. The van der Waals surface area contributed by atoms with Crippen molar-refractivity contribution < 1.29 is 13.0 Å². The zero-order chi connectivity index (χ0) is 11.8. The molecule has 2 rings (SSSR count). The van der Waals surface area contributed by atoms with Crippen LogP contribution in [0.3, 0.4) is 0 Å². The van der Waals surface area contributed by atoms with E-state index >= 15 is 0 Å².